The lowest BCUT2D eigenvalue weighted by Gasteiger charge is -2.45. The van der Waals surface area contributed by atoms with Crippen molar-refractivity contribution in [2.75, 3.05) is 26.2 Å². The van der Waals surface area contributed by atoms with Crippen LogP contribution in [-0.2, 0) is 14.3 Å². The molecule has 2 saturated carbocycles. The summed E-state index contributed by atoms with van der Waals surface area (Å²) in [5, 5.41) is 0. The van der Waals surface area contributed by atoms with E-state index in [9.17, 15) is 4.79 Å². The molecule has 4 fully saturated rings. The van der Waals surface area contributed by atoms with E-state index in [-0.39, 0.29) is 17.5 Å². The lowest BCUT2D eigenvalue weighted by atomic mass is 9.66. The van der Waals surface area contributed by atoms with Gasteiger partial charge in [0.05, 0.1) is 11.5 Å². The van der Waals surface area contributed by atoms with Gasteiger partial charge in [-0.2, -0.15) is 0 Å². The zero-order valence-electron chi connectivity index (χ0n) is 12.4. The van der Waals surface area contributed by atoms with E-state index in [1.54, 1.807) is 0 Å². The zero-order chi connectivity index (χ0) is 13.8. The van der Waals surface area contributed by atoms with Crippen LogP contribution < -0.4 is 0 Å². The first-order valence-electron chi connectivity index (χ1n) is 8.18. The monoisotopic (exact) mass is 279 g/mol. The molecule has 0 amide bonds. The number of carbonyl (C=O) groups is 1. The summed E-state index contributed by atoms with van der Waals surface area (Å²) in [4.78, 5) is 14.3. The van der Waals surface area contributed by atoms with Gasteiger partial charge in [0, 0.05) is 26.1 Å². The largest absolute Gasteiger partial charge is 0.461 e. The Kier molecular flexibility index (Phi) is 2.90. The molecule has 20 heavy (non-hydrogen) atoms. The maximum absolute atomic E-state index is 11.8. The lowest BCUT2D eigenvalue weighted by molar-refractivity contribution is -0.145. The zero-order valence-corrected chi connectivity index (χ0v) is 12.4. The highest BCUT2D eigenvalue weighted by atomic mass is 16.6. The van der Waals surface area contributed by atoms with E-state index in [0.29, 0.717) is 11.5 Å². The minimum atomic E-state index is -0.0430. The van der Waals surface area contributed by atoms with Crippen LogP contribution in [-0.4, -0.2) is 49.3 Å². The predicted molar refractivity (Wildman–Crippen MR) is 74.3 cm³/mol. The van der Waals surface area contributed by atoms with Crippen LogP contribution in [0.4, 0.5) is 0 Å². The fraction of sp³-hybridized carbons (Fsp3) is 0.938. The van der Waals surface area contributed by atoms with Crippen LogP contribution in [0.5, 0.6) is 0 Å². The molecule has 2 heterocycles. The molecule has 112 valence electrons. The van der Waals surface area contributed by atoms with Crippen LogP contribution in [0, 0.1) is 10.8 Å². The molecule has 2 aliphatic heterocycles. The summed E-state index contributed by atoms with van der Waals surface area (Å²) in [6.07, 6.45) is 7.49. The Morgan fingerprint density at radius 2 is 2.10 bits per heavy atom. The number of hydrogen-bond donors (Lipinski definition) is 0. The van der Waals surface area contributed by atoms with Crippen molar-refractivity contribution in [1.82, 2.24) is 4.90 Å². The molecule has 4 heteroatoms. The van der Waals surface area contributed by atoms with Crippen LogP contribution in [0.3, 0.4) is 0 Å². The van der Waals surface area contributed by atoms with Gasteiger partial charge in [-0.05, 0) is 51.0 Å². The molecule has 0 aromatic heterocycles. The first-order valence-corrected chi connectivity index (χ1v) is 8.18. The Balaban J connectivity index is 1.27. The molecule has 1 atom stereocenters. The number of ether oxygens (including phenoxy) is 2. The van der Waals surface area contributed by atoms with Crippen molar-refractivity contribution < 1.29 is 14.3 Å². The summed E-state index contributed by atoms with van der Waals surface area (Å²) in [6, 6.07) is 0. The molecule has 0 N–H and O–H groups in total. The minimum Gasteiger partial charge on any atom is -0.461 e. The van der Waals surface area contributed by atoms with Gasteiger partial charge in [-0.25, -0.2) is 0 Å². The molecular formula is C16H25NO3. The van der Waals surface area contributed by atoms with E-state index in [1.807, 2.05) is 0 Å². The van der Waals surface area contributed by atoms with Crippen LogP contribution in [0.25, 0.3) is 0 Å². The van der Waals surface area contributed by atoms with Gasteiger partial charge in [0.25, 0.3) is 0 Å². The molecular weight excluding hydrogens is 254 g/mol. The SMILES string of the molecule is CCOC1CC2(CCN(CC3CC4(CC4)C(=O)O3)C2)C1. The maximum atomic E-state index is 11.8. The topological polar surface area (TPSA) is 38.8 Å². The fourth-order valence-corrected chi connectivity index (χ4v) is 4.56. The Hall–Kier alpha value is -0.610. The van der Waals surface area contributed by atoms with Gasteiger partial charge in [-0.1, -0.05) is 0 Å². The number of rotatable bonds is 4. The van der Waals surface area contributed by atoms with E-state index in [0.717, 1.165) is 32.4 Å². The average molecular weight is 279 g/mol. The molecule has 2 aliphatic carbocycles. The van der Waals surface area contributed by atoms with E-state index >= 15 is 0 Å². The summed E-state index contributed by atoms with van der Waals surface area (Å²) >= 11 is 0. The second kappa shape index (κ2) is 4.44. The molecule has 4 aliphatic rings. The predicted octanol–water partition coefficient (Wildman–Crippen LogP) is 1.97. The third-order valence-electron chi connectivity index (χ3n) is 5.88. The van der Waals surface area contributed by atoms with Gasteiger partial charge < -0.3 is 9.47 Å². The summed E-state index contributed by atoms with van der Waals surface area (Å²) in [6.45, 7) is 6.21. The number of hydrogen-bond acceptors (Lipinski definition) is 4. The molecule has 4 rings (SSSR count). The Morgan fingerprint density at radius 3 is 2.75 bits per heavy atom. The quantitative estimate of drug-likeness (QED) is 0.738. The molecule has 1 unspecified atom stereocenters. The second-order valence-electron chi connectivity index (χ2n) is 7.48. The highest BCUT2D eigenvalue weighted by Gasteiger charge is 2.58. The van der Waals surface area contributed by atoms with Gasteiger partial charge in [0.1, 0.15) is 6.10 Å². The second-order valence-corrected chi connectivity index (χ2v) is 7.48. The van der Waals surface area contributed by atoms with Crippen LogP contribution >= 0.6 is 0 Å². The van der Waals surface area contributed by atoms with Gasteiger partial charge in [0.2, 0.25) is 0 Å². The molecule has 2 spiro atoms. The molecule has 0 aromatic carbocycles. The van der Waals surface area contributed by atoms with Crippen LogP contribution in [0.15, 0.2) is 0 Å². The third-order valence-corrected chi connectivity index (χ3v) is 5.88. The van der Waals surface area contributed by atoms with Gasteiger partial charge >= 0.3 is 5.97 Å². The van der Waals surface area contributed by atoms with E-state index in [2.05, 4.69) is 11.8 Å². The number of esters is 1. The highest BCUT2D eigenvalue weighted by molar-refractivity contribution is 5.82. The number of nitrogens with zero attached hydrogens (tertiary/aromatic N) is 1. The van der Waals surface area contributed by atoms with E-state index < -0.39 is 0 Å². The first kappa shape index (κ1) is 13.1. The highest BCUT2D eigenvalue weighted by Crippen LogP contribution is 2.55. The lowest BCUT2D eigenvalue weighted by Crippen LogP contribution is -2.45. The number of carbonyl (C=O) groups excluding carboxylic acids is 1. The summed E-state index contributed by atoms with van der Waals surface area (Å²) in [7, 11) is 0. The third kappa shape index (κ3) is 2.08. The normalized spacial score (nSPS) is 42.1. The average Bonchev–Trinajstić information content (AvgIpc) is 2.92. The van der Waals surface area contributed by atoms with Crippen molar-refractivity contribution in [2.24, 2.45) is 10.8 Å². The van der Waals surface area contributed by atoms with Crippen molar-refractivity contribution in [1.29, 1.82) is 0 Å². The van der Waals surface area contributed by atoms with Crippen LogP contribution in [0.2, 0.25) is 0 Å². The van der Waals surface area contributed by atoms with Gasteiger partial charge in [-0.15, -0.1) is 0 Å². The van der Waals surface area contributed by atoms with E-state index in [1.165, 1.54) is 32.4 Å². The first-order chi connectivity index (χ1) is 9.63. The fourth-order valence-electron chi connectivity index (χ4n) is 4.56. The van der Waals surface area contributed by atoms with Gasteiger partial charge in [0.15, 0.2) is 0 Å². The molecule has 0 radical (unpaired) electrons. The molecule has 0 bridgehead atoms. The maximum Gasteiger partial charge on any atom is 0.312 e. The summed E-state index contributed by atoms with van der Waals surface area (Å²) < 4.78 is 11.3. The smallest absolute Gasteiger partial charge is 0.312 e. The number of likely N-dealkylation sites (tertiary alicyclic amines) is 1. The molecule has 4 nitrogen and oxygen atoms in total. The van der Waals surface area contributed by atoms with Crippen molar-refractivity contribution >= 4 is 5.97 Å². The van der Waals surface area contributed by atoms with Gasteiger partial charge in [-0.3, -0.25) is 9.69 Å². The Labute approximate surface area is 120 Å². The summed E-state index contributed by atoms with van der Waals surface area (Å²) in [5.41, 5.74) is 0.471. The van der Waals surface area contributed by atoms with Crippen molar-refractivity contribution in [3.8, 4) is 0 Å². The van der Waals surface area contributed by atoms with Crippen molar-refractivity contribution in [3.05, 3.63) is 0 Å². The van der Waals surface area contributed by atoms with E-state index in [4.69, 9.17) is 9.47 Å². The molecule has 0 aromatic rings. The van der Waals surface area contributed by atoms with Crippen LogP contribution in [0.1, 0.15) is 45.4 Å². The standard InChI is InChI=1S/C16H25NO3/c1-2-19-12-7-15(8-12)5-6-17(11-15)10-13-9-16(3-4-16)14(18)20-13/h12-13H,2-11H2,1H3. The number of cyclic esters (lactones) is 1. The molecule has 2 saturated heterocycles. The Morgan fingerprint density at radius 1 is 1.30 bits per heavy atom. The van der Waals surface area contributed by atoms with Crippen molar-refractivity contribution in [3.63, 3.8) is 0 Å². The minimum absolute atomic E-state index is 0.0430. The Bertz CT molecular complexity index is 412. The van der Waals surface area contributed by atoms with Crippen molar-refractivity contribution in [2.45, 2.75) is 57.7 Å². The summed E-state index contributed by atoms with van der Waals surface area (Å²) in [5.74, 6) is 0.0801.